The Bertz CT molecular complexity index is 489. The number of allylic oxidation sites excluding steroid dienone is 2. The van der Waals surface area contributed by atoms with Gasteiger partial charge in [-0.2, -0.15) is 5.26 Å². The Labute approximate surface area is 133 Å². The molecule has 0 saturated heterocycles. The first-order valence-electron chi connectivity index (χ1n) is 8.54. The molecule has 1 aromatic carbocycles. The topological polar surface area (TPSA) is 23.8 Å². The Morgan fingerprint density at radius 3 is 2.36 bits per heavy atom. The molecule has 0 aliphatic heterocycles. The summed E-state index contributed by atoms with van der Waals surface area (Å²) in [7, 11) is 0. The van der Waals surface area contributed by atoms with Crippen molar-refractivity contribution in [2.45, 2.75) is 57.3 Å². The van der Waals surface area contributed by atoms with Gasteiger partial charge in [-0.1, -0.05) is 30.7 Å². The first kappa shape index (κ1) is 16.7. The number of unbranched alkanes of at least 4 members (excludes halogenated alkanes) is 1. The van der Waals surface area contributed by atoms with Gasteiger partial charge in [0.15, 0.2) is 0 Å². The molecule has 1 aliphatic carbocycles. The number of hydrogen-bond donors (Lipinski definition) is 0. The summed E-state index contributed by atoms with van der Waals surface area (Å²) in [4.78, 5) is 0. The van der Waals surface area contributed by atoms with E-state index in [0.717, 1.165) is 17.9 Å². The molecule has 0 amide bonds. The van der Waals surface area contributed by atoms with Crippen LogP contribution in [0.15, 0.2) is 36.4 Å². The average molecular weight is 299 g/mol. The lowest BCUT2D eigenvalue weighted by atomic mass is 9.77. The van der Waals surface area contributed by atoms with Crippen LogP contribution in [0, 0.1) is 17.2 Å². The lowest BCUT2D eigenvalue weighted by Gasteiger charge is -2.28. The molecule has 0 heterocycles. The maximum atomic E-state index is 11.9. The number of rotatable bonds is 7. The fraction of sp³-hybridized carbons (Fsp3) is 0.550. The van der Waals surface area contributed by atoms with Crippen LogP contribution in [0.25, 0.3) is 0 Å². The normalized spacial score (nSPS) is 21.8. The first-order valence-corrected chi connectivity index (χ1v) is 8.54. The summed E-state index contributed by atoms with van der Waals surface area (Å²) in [6.07, 6.45) is 13.5. The zero-order valence-electron chi connectivity index (χ0n) is 13.3. The van der Waals surface area contributed by atoms with E-state index in [0.29, 0.717) is 12.3 Å². The Balaban J connectivity index is 1.68. The highest BCUT2D eigenvalue weighted by atomic mass is 19.1. The van der Waals surface area contributed by atoms with Gasteiger partial charge in [0.1, 0.15) is 0 Å². The molecule has 0 unspecified atom stereocenters. The highest BCUT2D eigenvalue weighted by Crippen LogP contribution is 2.37. The van der Waals surface area contributed by atoms with Gasteiger partial charge in [-0.15, -0.1) is 0 Å². The maximum absolute atomic E-state index is 11.9. The van der Waals surface area contributed by atoms with Crippen LogP contribution >= 0.6 is 0 Å². The van der Waals surface area contributed by atoms with Crippen molar-refractivity contribution >= 4 is 0 Å². The number of hydrogen-bond acceptors (Lipinski definition) is 1. The number of nitrogens with zero attached hydrogens (tertiary/aromatic N) is 1. The quantitative estimate of drug-likeness (QED) is 0.453. The van der Waals surface area contributed by atoms with Crippen LogP contribution in [0.5, 0.6) is 0 Å². The van der Waals surface area contributed by atoms with E-state index in [1.54, 1.807) is 0 Å². The molecular formula is C20H26FN. The molecule has 1 saturated carbocycles. The fourth-order valence-corrected chi connectivity index (χ4v) is 3.44. The molecule has 0 aromatic heterocycles. The van der Waals surface area contributed by atoms with Gasteiger partial charge in [0.25, 0.3) is 0 Å². The second-order valence-electron chi connectivity index (χ2n) is 6.33. The molecule has 1 nitrogen and oxygen atoms in total. The lowest BCUT2D eigenvalue weighted by Crippen LogP contribution is -2.13. The number of alkyl halides is 1. The largest absolute Gasteiger partial charge is 0.251 e. The molecule has 0 N–H and O–H groups in total. The Kier molecular flexibility index (Phi) is 7.16. The van der Waals surface area contributed by atoms with Crippen molar-refractivity contribution in [2.75, 3.05) is 6.67 Å². The van der Waals surface area contributed by atoms with E-state index in [1.165, 1.54) is 44.1 Å². The Morgan fingerprint density at radius 1 is 1.05 bits per heavy atom. The molecule has 2 rings (SSSR count). The van der Waals surface area contributed by atoms with Crippen LogP contribution in [0.3, 0.4) is 0 Å². The zero-order chi connectivity index (χ0) is 15.6. The monoisotopic (exact) mass is 299 g/mol. The van der Waals surface area contributed by atoms with Gasteiger partial charge in [-0.25, -0.2) is 0 Å². The molecule has 0 bridgehead atoms. The third kappa shape index (κ3) is 5.30. The van der Waals surface area contributed by atoms with Crippen LogP contribution in [0.2, 0.25) is 0 Å². The van der Waals surface area contributed by atoms with E-state index >= 15 is 0 Å². The lowest BCUT2D eigenvalue weighted by molar-refractivity contribution is 0.305. The van der Waals surface area contributed by atoms with E-state index in [2.05, 4.69) is 24.3 Å². The summed E-state index contributed by atoms with van der Waals surface area (Å²) < 4.78 is 11.9. The summed E-state index contributed by atoms with van der Waals surface area (Å²) >= 11 is 0. The van der Waals surface area contributed by atoms with Gasteiger partial charge in [0, 0.05) is 0 Å². The SMILES string of the molecule is N#Cc1ccc([C@H]2CC[C@H](CCCC=CCCF)CC2)cc1. The molecule has 1 fully saturated rings. The molecule has 0 atom stereocenters. The van der Waals surface area contributed by atoms with Gasteiger partial charge < -0.3 is 0 Å². The minimum atomic E-state index is -0.240. The van der Waals surface area contributed by atoms with Crippen molar-refractivity contribution < 1.29 is 4.39 Å². The molecule has 2 heteroatoms. The van der Waals surface area contributed by atoms with Gasteiger partial charge in [-0.3, -0.25) is 4.39 Å². The molecule has 1 aromatic rings. The highest BCUT2D eigenvalue weighted by molar-refractivity contribution is 5.33. The maximum Gasteiger partial charge on any atom is 0.0991 e. The van der Waals surface area contributed by atoms with Crippen molar-refractivity contribution in [1.29, 1.82) is 5.26 Å². The molecule has 0 radical (unpaired) electrons. The molecule has 0 spiro atoms. The first-order chi connectivity index (χ1) is 10.8. The minimum absolute atomic E-state index is 0.240. The highest BCUT2D eigenvalue weighted by Gasteiger charge is 2.21. The summed E-state index contributed by atoms with van der Waals surface area (Å²) in [5.74, 6) is 1.54. The summed E-state index contributed by atoms with van der Waals surface area (Å²) in [6.45, 7) is -0.240. The number of nitriles is 1. The van der Waals surface area contributed by atoms with E-state index in [9.17, 15) is 4.39 Å². The summed E-state index contributed by atoms with van der Waals surface area (Å²) in [5.41, 5.74) is 2.14. The summed E-state index contributed by atoms with van der Waals surface area (Å²) in [6, 6.07) is 10.3. The van der Waals surface area contributed by atoms with Crippen molar-refractivity contribution in [1.82, 2.24) is 0 Å². The standard InChI is InChI=1S/C20H26FN/c21-15-5-3-1-2-4-6-17-7-11-19(12-8-17)20-13-9-18(16-22)10-14-20/h1,3,9-10,13-14,17,19H,2,4-8,11-12,15H2/t17-,19-. The molecule has 118 valence electrons. The van der Waals surface area contributed by atoms with Gasteiger partial charge in [0.2, 0.25) is 0 Å². The van der Waals surface area contributed by atoms with Gasteiger partial charge >= 0.3 is 0 Å². The third-order valence-corrected chi connectivity index (χ3v) is 4.78. The second-order valence-corrected chi connectivity index (χ2v) is 6.33. The van der Waals surface area contributed by atoms with E-state index < -0.39 is 0 Å². The van der Waals surface area contributed by atoms with Crippen LogP contribution in [0.1, 0.15) is 68.4 Å². The number of halogens is 1. The second kappa shape index (κ2) is 9.41. The predicted molar refractivity (Wildman–Crippen MR) is 89.4 cm³/mol. The Morgan fingerprint density at radius 2 is 1.73 bits per heavy atom. The van der Waals surface area contributed by atoms with Crippen molar-refractivity contribution in [3.8, 4) is 6.07 Å². The van der Waals surface area contributed by atoms with Crippen molar-refractivity contribution in [2.24, 2.45) is 5.92 Å². The smallest absolute Gasteiger partial charge is 0.0991 e. The van der Waals surface area contributed by atoms with Crippen molar-refractivity contribution in [3.63, 3.8) is 0 Å². The van der Waals surface area contributed by atoms with Crippen LogP contribution < -0.4 is 0 Å². The van der Waals surface area contributed by atoms with Gasteiger partial charge in [-0.05, 0) is 74.5 Å². The van der Waals surface area contributed by atoms with E-state index in [4.69, 9.17) is 5.26 Å². The van der Waals surface area contributed by atoms with Crippen molar-refractivity contribution in [3.05, 3.63) is 47.5 Å². The zero-order valence-corrected chi connectivity index (χ0v) is 13.3. The number of benzene rings is 1. The Hall–Kier alpha value is -1.62. The minimum Gasteiger partial charge on any atom is -0.251 e. The predicted octanol–water partition coefficient (Wildman–Crippen LogP) is 5.92. The molecule has 22 heavy (non-hydrogen) atoms. The molecule has 1 aliphatic rings. The van der Waals surface area contributed by atoms with Crippen LogP contribution in [0.4, 0.5) is 4.39 Å². The van der Waals surface area contributed by atoms with E-state index in [-0.39, 0.29) is 6.67 Å². The summed E-state index contributed by atoms with van der Waals surface area (Å²) in [5, 5.41) is 8.85. The van der Waals surface area contributed by atoms with Crippen LogP contribution in [-0.2, 0) is 0 Å². The van der Waals surface area contributed by atoms with Crippen LogP contribution in [-0.4, -0.2) is 6.67 Å². The third-order valence-electron chi connectivity index (χ3n) is 4.78. The fourth-order valence-electron chi connectivity index (χ4n) is 3.44. The molecular weight excluding hydrogens is 273 g/mol. The average Bonchev–Trinajstić information content (AvgIpc) is 2.59. The van der Waals surface area contributed by atoms with E-state index in [1.807, 2.05) is 18.2 Å². The van der Waals surface area contributed by atoms with Gasteiger partial charge in [0.05, 0.1) is 18.3 Å².